The van der Waals surface area contributed by atoms with Crippen LogP contribution in [0.25, 0.3) is 27.8 Å². The van der Waals surface area contributed by atoms with E-state index < -0.39 is 0 Å². The summed E-state index contributed by atoms with van der Waals surface area (Å²) in [6, 6.07) is 3.44. The van der Waals surface area contributed by atoms with Crippen LogP contribution in [0.3, 0.4) is 0 Å². The van der Waals surface area contributed by atoms with Crippen LogP contribution in [0.5, 0.6) is 11.5 Å². The second-order valence-corrected chi connectivity index (χ2v) is 9.11. The van der Waals surface area contributed by atoms with Gasteiger partial charge in [-0.05, 0) is 12.1 Å². The second-order valence-electron chi connectivity index (χ2n) is 8.36. The number of nitrogens with zero attached hydrogens (tertiary/aromatic N) is 4. The van der Waals surface area contributed by atoms with E-state index in [9.17, 15) is 4.79 Å². The first kappa shape index (κ1) is 24.3. The fraction of sp³-hybridized carbons (Fsp3) is 0.280. The molecule has 1 aromatic carbocycles. The fourth-order valence-corrected chi connectivity index (χ4v) is 5.12. The number of carbonyl (C=O) groups excluding carboxylic acids is 1. The Morgan fingerprint density at radius 3 is 2.64 bits per heavy atom. The summed E-state index contributed by atoms with van der Waals surface area (Å²) in [6.45, 7) is 4.51. The summed E-state index contributed by atoms with van der Waals surface area (Å²) >= 11 is 13.4. The molecule has 1 fully saturated rings. The van der Waals surface area contributed by atoms with E-state index >= 15 is 0 Å². The van der Waals surface area contributed by atoms with Gasteiger partial charge in [0.2, 0.25) is 5.95 Å². The van der Waals surface area contributed by atoms with E-state index in [1.54, 1.807) is 24.7 Å². The van der Waals surface area contributed by atoms with Crippen molar-refractivity contribution in [2.24, 2.45) is 5.92 Å². The molecule has 1 aliphatic rings. The number of anilines is 1. The highest BCUT2D eigenvalue weighted by Crippen LogP contribution is 2.47. The Labute approximate surface area is 217 Å². The maximum Gasteiger partial charge on any atom is 0.224 e. The van der Waals surface area contributed by atoms with Crippen molar-refractivity contribution in [3.8, 4) is 22.6 Å². The average Bonchev–Trinajstić information content (AvgIpc) is 3.54. The number of pyridine rings is 1. The molecular formula is C25H23Cl2N5O4. The normalized spacial score (nSPS) is 17.4. The summed E-state index contributed by atoms with van der Waals surface area (Å²) in [5.41, 5.74) is 2.46. The fourth-order valence-electron chi connectivity index (χ4n) is 4.41. The first-order valence-corrected chi connectivity index (χ1v) is 11.9. The van der Waals surface area contributed by atoms with Gasteiger partial charge in [-0.25, -0.2) is 9.97 Å². The number of methoxy groups -OCH3 is 2. The molecule has 36 heavy (non-hydrogen) atoms. The number of halogens is 2. The quantitative estimate of drug-likeness (QED) is 0.325. The minimum Gasteiger partial charge on any atom is -0.495 e. The molecule has 1 saturated heterocycles. The van der Waals surface area contributed by atoms with Gasteiger partial charge in [-0.2, -0.15) is 4.98 Å². The lowest BCUT2D eigenvalue weighted by atomic mass is 9.97. The molecule has 4 heterocycles. The molecular weight excluding hydrogens is 505 g/mol. The number of benzene rings is 1. The van der Waals surface area contributed by atoms with Crippen LogP contribution in [0.1, 0.15) is 6.42 Å². The number of aromatic nitrogens is 4. The number of rotatable bonds is 8. The predicted molar refractivity (Wildman–Crippen MR) is 138 cm³/mol. The molecule has 11 heteroatoms. The van der Waals surface area contributed by atoms with Crippen LogP contribution in [-0.4, -0.2) is 58.6 Å². The average molecular weight is 528 g/mol. The Morgan fingerprint density at radius 1 is 1.19 bits per heavy atom. The van der Waals surface area contributed by atoms with E-state index in [1.165, 1.54) is 20.3 Å². The Kier molecular flexibility index (Phi) is 6.70. The van der Waals surface area contributed by atoms with Crippen LogP contribution in [-0.2, 0) is 9.53 Å². The third-order valence-electron chi connectivity index (χ3n) is 6.25. The molecule has 3 aromatic heterocycles. The third-order valence-corrected chi connectivity index (χ3v) is 7.00. The minimum absolute atomic E-state index is 0.0118. The highest BCUT2D eigenvalue weighted by molar-refractivity contribution is 6.41. The smallest absolute Gasteiger partial charge is 0.224 e. The third kappa shape index (κ3) is 4.23. The van der Waals surface area contributed by atoms with Gasteiger partial charge >= 0.3 is 0 Å². The second kappa shape index (κ2) is 9.93. The van der Waals surface area contributed by atoms with E-state index in [-0.39, 0.29) is 17.7 Å². The molecule has 0 saturated carbocycles. The molecule has 0 aliphatic carbocycles. The van der Waals surface area contributed by atoms with Crippen LogP contribution < -0.4 is 14.8 Å². The number of ketones is 1. The molecule has 186 valence electrons. The van der Waals surface area contributed by atoms with Crippen molar-refractivity contribution in [3.05, 3.63) is 53.4 Å². The summed E-state index contributed by atoms with van der Waals surface area (Å²) in [5.74, 6) is 1.28. The number of nitrogens with one attached hydrogen (secondary N) is 1. The van der Waals surface area contributed by atoms with Gasteiger partial charge in [-0.1, -0.05) is 29.8 Å². The molecule has 0 bridgehead atoms. The minimum atomic E-state index is -0.0919. The summed E-state index contributed by atoms with van der Waals surface area (Å²) in [6.07, 6.45) is 6.89. The van der Waals surface area contributed by atoms with Crippen molar-refractivity contribution in [2.75, 3.05) is 32.8 Å². The maximum absolute atomic E-state index is 11.9. The standard InChI is InChI=1S/C25H23Cl2N5O4/c1-4-15(33)7-14-11-36-12-17(14)30-25-29-10-13-8-16(24-28-5-6-32(24)23(13)31-25)20-21(26)18(34-2)9-19(35-3)22(20)27/h4-6,8-10,14,17H,1,7,11-12H2,2-3H3,(H,29,30,31). The van der Waals surface area contributed by atoms with Gasteiger partial charge in [0.05, 0.1) is 43.5 Å². The molecule has 0 radical (unpaired) electrons. The van der Waals surface area contributed by atoms with Crippen molar-refractivity contribution < 1.29 is 19.0 Å². The first-order chi connectivity index (χ1) is 17.4. The Balaban J connectivity index is 1.59. The van der Waals surface area contributed by atoms with Gasteiger partial charge < -0.3 is 19.5 Å². The van der Waals surface area contributed by atoms with Crippen molar-refractivity contribution in [1.82, 2.24) is 19.4 Å². The van der Waals surface area contributed by atoms with E-state index in [0.29, 0.717) is 69.5 Å². The van der Waals surface area contributed by atoms with Crippen molar-refractivity contribution >= 4 is 51.6 Å². The summed E-state index contributed by atoms with van der Waals surface area (Å²) in [7, 11) is 3.05. The van der Waals surface area contributed by atoms with E-state index in [0.717, 1.165) is 5.39 Å². The molecule has 1 aliphatic heterocycles. The van der Waals surface area contributed by atoms with Gasteiger partial charge in [0.15, 0.2) is 11.4 Å². The summed E-state index contributed by atoms with van der Waals surface area (Å²) in [5, 5.41) is 4.75. The number of hydrogen-bond acceptors (Lipinski definition) is 8. The largest absolute Gasteiger partial charge is 0.495 e. The van der Waals surface area contributed by atoms with Crippen LogP contribution in [0.2, 0.25) is 10.0 Å². The molecule has 0 spiro atoms. The predicted octanol–water partition coefficient (Wildman–Crippen LogP) is 4.84. The molecule has 5 rings (SSSR count). The van der Waals surface area contributed by atoms with Crippen molar-refractivity contribution in [1.29, 1.82) is 0 Å². The molecule has 2 atom stereocenters. The Morgan fingerprint density at radius 2 is 1.94 bits per heavy atom. The summed E-state index contributed by atoms with van der Waals surface area (Å²) in [4.78, 5) is 25.7. The molecule has 0 amide bonds. The van der Waals surface area contributed by atoms with Gasteiger partial charge in [-0.15, -0.1) is 0 Å². The number of allylic oxidation sites excluding steroid dienone is 1. The number of ether oxygens (including phenoxy) is 3. The van der Waals surface area contributed by atoms with Crippen LogP contribution in [0, 0.1) is 5.92 Å². The topological polar surface area (TPSA) is 99.9 Å². The van der Waals surface area contributed by atoms with E-state index in [1.807, 2.05) is 10.5 Å². The summed E-state index contributed by atoms with van der Waals surface area (Å²) < 4.78 is 18.3. The monoisotopic (exact) mass is 527 g/mol. The lowest BCUT2D eigenvalue weighted by molar-refractivity contribution is -0.115. The van der Waals surface area contributed by atoms with Gasteiger partial charge in [-0.3, -0.25) is 9.20 Å². The SMILES string of the molecule is C=CC(=O)CC1COCC1Nc1ncc2cc(-c3c(Cl)c(OC)cc(OC)c3Cl)c3nccn3c2n1. The highest BCUT2D eigenvalue weighted by atomic mass is 35.5. The molecule has 4 aromatic rings. The Hall–Kier alpha value is -3.40. The number of hydrogen-bond donors (Lipinski definition) is 1. The molecule has 2 unspecified atom stereocenters. The van der Waals surface area contributed by atoms with Gasteiger partial charge in [0.1, 0.15) is 17.1 Å². The lowest BCUT2D eigenvalue weighted by Crippen LogP contribution is -2.30. The van der Waals surface area contributed by atoms with E-state index in [4.69, 9.17) is 42.4 Å². The van der Waals surface area contributed by atoms with Gasteiger partial charge in [0.25, 0.3) is 0 Å². The first-order valence-electron chi connectivity index (χ1n) is 11.2. The van der Waals surface area contributed by atoms with Gasteiger partial charge in [0, 0.05) is 53.5 Å². The molecule has 1 N–H and O–H groups in total. The zero-order valence-corrected chi connectivity index (χ0v) is 21.1. The maximum atomic E-state index is 11.9. The van der Waals surface area contributed by atoms with E-state index in [2.05, 4.69) is 21.9 Å². The zero-order valence-electron chi connectivity index (χ0n) is 19.6. The molecule has 9 nitrogen and oxygen atoms in total. The zero-order chi connectivity index (χ0) is 25.4. The number of imidazole rings is 1. The van der Waals surface area contributed by atoms with Crippen molar-refractivity contribution in [2.45, 2.75) is 12.5 Å². The van der Waals surface area contributed by atoms with Crippen molar-refractivity contribution in [3.63, 3.8) is 0 Å². The Bertz CT molecular complexity index is 1460. The van der Waals surface area contributed by atoms with Crippen LogP contribution >= 0.6 is 23.2 Å². The number of fused-ring (bicyclic) bond motifs is 3. The van der Waals surface area contributed by atoms with Crippen LogP contribution in [0.15, 0.2) is 43.4 Å². The highest BCUT2D eigenvalue weighted by Gasteiger charge is 2.30. The lowest BCUT2D eigenvalue weighted by Gasteiger charge is -2.18. The van der Waals surface area contributed by atoms with Crippen LogP contribution in [0.4, 0.5) is 5.95 Å². The number of carbonyl (C=O) groups is 1.